The highest BCUT2D eigenvalue weighted by atomic mass is 16.3. The maximum atomic E-state index is 5.62. The van der Waals surface area contributed by atoms with E-state index in [4.69, 9.17) is 4.42 Å². The van der Waals surface area contributed by atoms with Crippen molar-refractivity contribution < 1.29 is 4.42 Å². The van der Waals surface area contributed by atoms with E-state index in [-0.39, 0.29) is 0 Å². The molecular formula is C18H25NO. The largest absolute Gasteiger partial charge is 0.465 e. The average molecular weight is 271 g/mol. The molecule has 1 atom stereocenters. The van der Waals surface area contributed by atoms with Gasteiger partial charge in [0.25, 0.3) is 0 Å². The Hall–Kier alpha value is -1.54. The maximum absolute atomic E-state index is 5.62. The first-order valence-corrected chi connectivity index (χ1v) is 7.47. The van der Waals surface area contributed by atoms with E-state index in [0.717, 1.165) is 24.5 Å². The predicted octanol–water partition coefficient (Wildman–Crippen LogP) is 4.64. The molecule has 0 fully saturated rings. The molecule has 108 valence electrons. The standard InChI is InChI=1S/C18H25NO/c1-5-15-7-9-16(10-8-15)18(13(2)3)19-12-17-11-6-14(4)20-17/h6-11,13,18-19H,5,12H2,1-4H3. The Balaban J connectivity index is 2.06. The zero-order valence-electron chi connectivity index (χ0n) is 12.9. The lowest BCUT2D eigenvalue weighted by molar-refractivity contribution is 0.379. The minimum atomic E-state index is 0.353. The summed E-state index contributed by atoms with van der Waals surface area (Å²) in [6, 6.07) is 13.3. The number of rotatable bonds is 6. The van der Waals surface area contributed by atoms with E-state index in [9.17, 15) is 0 Å². The summed E-state index contributed by atoms with van der Waals surface area (Å²) >= 11 is 0. The number of nitrogens with one attached hydrogen (secondary N) is 1. The SMILES string of the molecule is CCc1ccc(C(NCc2ccc(C)o2)C(C)C)cc1. The fraction of sp³-hybridized carbons (Fsp3) is 0.444. The van der Waals surface area contributed by atoms with Crippen LogP contribution in [0.3, 0.4) is 0 Å². The molecule has 0 spiro atoms. The number of hydrogen-bond donors (Lipinski definition) is 1. The van der Waals surface area contributed by atoms with Gasteiger partial charge in [-0.05, 0) is 42.5 Å². The van der Waals surface area contributed by atoms with E-state index >= 15 is 0 Å². The van der Waals surface area contributed by atoms with Crippen molar-refractivity contribution in [2.24, 2.45) is 5.92 Å². The summed E-state index contributed by atoms with van der Waals surface area (Å²) in [6.45, 7) is 9.43. The summed E-state index contributed by atoms with van der Waals surface area (Å²) in [4.78, 5) is 0. The summed E-state index contributed by atoms with van der Waals surface area (Å²) in [5.41, 5.74) is 2.73. The third kappa shape index (κ3) is 3.73. The van der Waals surface area contributed by atoms with Crippen molar-refractivity contribution in [3.63, 3.8) is 0 Å². The van der Waals surface area contributed by atoms with Crippen molar-refractivity contribution in [1.82, 2.24) is 5.32 Å². The van der Waals surface area contributed by atoms with Gasteiger partial charge in [-0.25, -0.2) is 0 Å². The van der Waals surface area contributed by atoms with Crippen molar-refractivity contribution in [3.05, 3.63) is 59.0 Å². The van der Waals surface area contributed by atoms with E-state index in [1.807, 2.05) is 19.1 Å². The van der Waals surface area contributed by atoms with Gasteiger partial charge in [0.15, 0.2) is 0 Å². The zero-order valence-corrected chi connectivity index (χ0v) is 12.9. The number of furan rings is 1. The Morgan fingerprint density at radius 3 is 2.25 bits per heavy atom. The highest BCUT2D eigenvalue weighted by molar-refractivity contribution is 5.25. The fourth-order valence-corrected chi connectivity index (χ4v) is 2.49. The number of hydrogen-bond acceptors (Lipinski definition) is 2. The smallest absolute Gasteiger partial charge is 0.117 e. The highest BCUT2D eigenvalue weighted by Crippen LogP contribution is 2.23. The second-order valence-corrected chi connectivity index (χ2v) is 5.71. The fourth-order valence-electron chi connectivity index (χ4n) is 2.49. The van der Waals surface area contributed by atoms with Crippen LogP contribution in [-0.4, -0.2) is 0 Å². The monoisotopic (exact) mass is 271 g/mol. The van der Waals surface area contributed by atoms with Crippen LogP contribution >= 0.6 is 0 Å². The molecule has 0 aliphatic carbocycles. The second-order valence-electron chi connectivity index (χ2n) is 5.71. The van der Waals surface area contributed by atoms with Gasteiger partial charge in [-0.2, -0.15) is 0 Å². The lowest BCUT2D eigenvalue weighted by Gasteiger charge is -2.23. The first kappa shape index (κ1) is 14.9. The second kappa shape index (κ2) is 6.76. The van der Waals surface area contributed by atoms with Gasteiger partial charge in [0.05, 0.1) is 6.54 Å². The molecule has 1 N–H and O–H groups in total. The van der Waals surface area contributed by atoms with Crippen LogP contribution in [0.5, 0.6) is 0 Å². The van der Waals surface area contributed by atoms with Gasteiger partial charge in [0, 0.05) is 6.04 Å². The van der Waals surface area contributed by atoms with Gasteiger partial charge in [0.2, 0.25) is 0 Å². The van der Waals surface area contributed by atoms with Gasteiger partial charge in [-0.3, -0.25) is 0 Å². The first-order valence-electron chi connectivity index (χ1n) is 7.47. The molecule has 0 amide bonds. The zero-order chi connectivity index (χ0) is 14.5. The molecule has 0 aliphatic heterocycles. The van der Waals surface area contributed by atoms with Crippen LogP contribution in [0.1, 0.15) is 49.5 Å². The lowest BCUT2D eigenvalue weighted by atomic mass is 9.95. The van der Waals surface area contributed by atoms with Crippen molar-refractivity contribution in [2.45, 2.75) is 46.7 Å². The van der Waals surface area contributed by atoms with Crippen LogP contribution in [0.15, 0.2) is 40.8 Å². The van der Waals surface area contributed by atoms with E-state index in [1.165, 1.54) is 11.1 Å². The Kier molecular flexibility index (Phi) is 5.02. The van der Waals surface area contributed by atoms with E-state index in [2.05, 4.69) is 50.4 Å². The van der Waals surface area contributed by atoms with Crippen LogP contribution in [-0.2, 0) is 13.0 Å². The third-order valence-electron chi connectivity index (χ3n) is 3.71. The van der Waals surface area contributed by atoms with Crippen LogP contribution in [0, 0.1) is 12.8 Å². The van der Waals surface area contributed by atoms with Gasteiger partial charge in [-0.15, -0.1) is 0 Å². The van der Waals surface area contributed by atoms with Crippen LogP contribution < -0.4 is 5.32 Å². The van der Waals surface area contributed by atoms with Gasteiger partial charge in [-0.1, -0.05) is 45.0 Å². The molecule has 20 heavy (non-hydrogen) atoms. The van der Waals surface area contributed by atoms with Crippen molar-refractivity contribution in [2.75, 3.05) is 0 Å². The molecule has 2 rings (SSSR count). The molecule has 0 saturated heterocycles. The van der Waals surface area contributed by atoms with Crippen LogP contribution in [0.2, 0.25) is 0 Å². The summed E-state index contributed by atoms with van der Waals surface area (Å²) in [5.74, 6) is 2.51. The minimum Gasteiger partial charge on any atom is -0.465 e. The molecule has 2 heteroatoms. The molecule has 0 saturated carbocycles. The average Bonchev–Trinajstić information content (AvgIpc) is 2.85. The summed E-state index contributed by atoms with van der Waals surface area (Å²) < 4.78 is 5.62. The Morgan fingerprint density at radius 1 is 1.05 bits per heavy atom. The van der Waals surface area contributed by atoms with Crippen molar-refractivity contribution in [1.29, 1.82) is 0 Å². The van der Waals surface area contributed by atoms with Gasteiger partial charge in [0.1, 0.15) is 11.5 Å². The first-order chi connectivity index (χ1) is 9.60. The van der Waals surface area contributed by atoms with Gasteiger partial charge >= 0.3 is 0 Å². The molecule has 0 aliphatic rings. The highest BCUT2D eigenvalue weighted by Gasteiger charge is 2.15. The van der Waals surface area contributed by atoms with E-state index in [0.29, 0.717) is 12.0 Å². The summed E-state index contributed by atoms with van der Waals surface area (Å²) in [6.07, 6.45) is 1.09. The predicted molar refractivity (Wildman–Crippen MR) is 83.7 cm³/mol. The number of aryl methyl sites for hydroxylation is 2. The topological polar surface area (TPSA) is 25.2 Å². The van der Waals surface area contributed by atoms with Gasteiger partial charge < -0.3 is 9.73 Å². The quantitative estimate of drug-likeness (QED) is 0.828. The van der Waals surface area contributed by atoms with E-state index < -0.39 is 0 Å². The Morgan fingerprint density at radius 2 is 1.75 bits per heavy atom. The Bertz CT molecular complexity index is 525. The molecule has 0 bridgehead atoms. The molecule has 1 unspecified atom stereocenters. The molecule has 1 aromatic carbocycles. The molecule has 1 heterocycles. The van der Waals surface area contributed by atoms with Crippen LogP contribution in [0.25, 0.3) is 0 Å². The van der Waals surface area contributed by atoms with E-state index in [1.54, 1.807) is 0 Å². The van der Waals surface area contributed by atoms with Crippen molar-refractivity contribution >= 4 is 0 Å². The lowest BCUT2D eigenvalue weighted by Crippen LogP contribution is -2.25. The maximum Gasteiger partial charge on any atom is 0.117 e. The molecule has 2 nitrogen and oxygen atoms in total. The normalized spacial score (nSPS) is 12.8. The Labute approximate surface area is 122 Å². The third-order valence-corrected chi connectivity index (χ3v) is 3.71. The summed E-state index contributed by atoms with van der Waals surface area (Å²) in [5, 5.41) is 3.61. The van der Waals surface area contributed by atoms with Crippen LogP contribution in [0.4, 0.5) is 0 Å². The number of benzene rings is 1. The van der Waals surface area contributed by atoms with Crippen molar-refractivity contribution in [3.8, 4) is 0 Å². The molecule has 1 aromatic heterocycles. The summed E-state index contributed by atoms with van der Waals surface area (Å²) in [7, 11) is 0. The molecule has 0 radical (unpaired) electrons. The minimum absolute atomic E-state index is 0.353. The molecule has 2 aromatic rings. The molecular weight excluding hydrogens is 246 g/mol.